The van der Waals surface area contributed by atoms with E-state index in [1.54, 1.807) is 0 Å². The number of alkyl halides is 3. The Morgan fingerprint density at radius 3 is 2.48 bits per heavy atom. The van der Waals surface area contributed by atoms with Crippen molar-refractivity contribution in [2.45, 2.75) is 12.4 Å². The van der Waals surface area contributed by atoms with Crippen molar-refractivity contribution in [1.29, 1.82) is 0 Å². The highest BCUT2D eigenvalue weighted by atomic mass is 32.2. The largest absolute Gasteiger partial charge is 0.534 e. The number of fused-ring (bicyclic) bond motifs is 1. The first-order chi connectivity index (χ1) is 11.5. The first-order valence-electron chi connectivity index (χ1n) is 6.45. The predicted octanol–water partition coefficient (Wildman–Crippen LogP) is 2.78. The number of carbonyl (C=O) groups excluding carboxylic acids is 1. The lowest BCUT2D eigenvalue weighted by molar-refractivity contribution is -0.384. The number of halogens is 3. The Bertz CT molecular complexity index is 950. The minimum atomic E-state index is -6.06. The van der Waals surface area contributed by atoms with E-state index in [9.17, 15) is 36.5 Å². The zero-order chi connectivity index (χ0) is 19.0. The third-order valence-electron chi connectivity index (χ3n) is 2.89. The molecule has 0 saturated carbocycles. The van der Waals surface area contributed by atoms with Crippen LogP contribution in [-0.2, 0) is 14.9 Å². The number of rotatable bonds is 4. The van der Waals surface area contributed by atoms with Gasteiger partial charge in [-0.15, -0.1) is 0 Å². The normalized spacial score (nSPS) is 12.2. The van der Waals surface area contributed by atoms with Gasteiger partial charge < -0.3 is 8.92 Å². The molecule has 25 heavy (non-hydrogen) atoms. The summed E-state index contributed by atoms with van der Waals surface area (Å²) in [5.41, 5.74) is -6.27. The number of hydrogen-bond acceptors (Lipinski definition) is 7. The second-order valence-electron chi connectivity index (χ2n) is 4.50. The summed E-state index contributed by atoms with van der Waals surface area (Å²) >= 11 is 0. The fourth-order valence-electron chi connectivity index (χ4n) is 1.89. The summed E-state index contributed by atoms with van der Waals surface area (Å²) in [7, 11) is -6.06. The quantitative estimate of drug-likeness (QED) is 0.345. The molecule has 0 unspecified atom stereocenters. The highest BCUT2D eigenvalue weighted by molar-refractivity contribution is 7.87. The van der Waals surface area contributed by atoms with Gasteiger partial charge in [0.15, 0.2) is 0 Å². The van der Waals surface area contributed by atoms with E-state index in [0.717, 1.165) is 24.3 Å². The minimum Gasteiger partial charge on any atom is -0.449 e. The van der Waals surface area contributed by atoms with Crippen LogP contribution in [0.3, 0.4) is 0 Å². The van der Waals surface area contributed by atoms with Crippen molar-refractivity contribution in [2.24, 2.45) is 0 Å². The van der Waals surface area contributed by atoms with Gasteiger partial charge in [-0.1, -0.05) is 0 Å². The van der Waals surface area contributed by atoms with E-state index in [-0.39, 0.29) is 17.5 Å². The third-order valence-corrected chi connectivity index (χ3v) is 3.85. The van der Waals surface area contributed by atoms with Crippen molar-refractivity contribution in [3.63, 3.8) is 0 Å². The SMILES string of the molecule is CCOC(=O)n1c(OS(=O)(=O)C(F)(F)F)cc2cc([N+](=O)[O-])ccc21. The maximum Gasteiger partial charge on any atom is 0.534 e. The lowest BCUT2D eigenvalue weighted by Crippen LogP contribution is -2.29. The van der Waals surface area contributed by atoms with E-state index in [2.05, 4.69) is 8.92 Å². The lowest BCUT2D eigenvalue weighted by Gasteiger charge is -2.11. The molecule has 1 aromatic heterocycles. The average molecular weight is 382 g/mol. The van der Waals surface area contributed by atoms with Gasteiger partial charge in [-0.25, -0.2) is 9.36 Å². The standard InChI is InChI=1S/C12H9F3N2O7S/c1-2-23-11(18)16-9-4-3-8(17(19)20)5-7(9)6-10(16)24-25(21,22)12(13,14)15/h3-6H,2H2,1H3. The number of aromatic nitrogens is 1. The van der Waals surface area contributed by atoms with Gasteiger partial charge in [0.25, 0.3) is 5.69 Å². The number of non-ortho nitro benzene ring substituents is 1. The highest BCUT2D eigenvalue weighted by Gasteiger charge is 2.49. The Morgan fingerprint density at radius 1 is 1.32 bits per heavy atom. The van der Waals surface area contributed by atoms with Crippen LogP contribution in [-0.4, -0.2) is 36.1 Å². The minimum absolute atomic E-state index is 0.0883. The van der Waals surface area contributed by atoms with Crippen molar-refractivity contribution in [3.05, 3.63) is 34.4 Å². The molecule has 1 heterocycles. The summed E-state index contributed by atoms with van der Waals surface area (Å²) in [5, 5.41) is 10.7. The van der Waals surface area contributed by atoms with Gasteiger partial charge in [-0.05, 0) is 13.0 Å². The smallest absolute Gasteiger partial charge is 0.449 e. The highest BCUT2D eigenvalue weighted by Crippen LogP contribution is 2.33. The first kappa shape index (κ1) is 18.5. The Labute approximate surface area is 137 Å². The number of nitrogens with zero attached hydrogens (tertiary/aromatic N) is 2. The summed E-state index contributed by atoms with van der Waals surface area (Å²) < 4.78 is 68.9. The van der Waals surface area contributed by atoms with Crippen LogP contribution >= 0.6 is 0 Å². The second-order valence-corrected chi connectivity index (χ2v) is 6.04. The molecule has 9 nitrogen and oxygen atoms in total. The molecule has 0 saturated heterocycles. The molecule has 0 amide bonds. The van der Waals surface area contributed by atoms with Crippen LogP contribution in [0.25, 0.3) is 10.9 Å². The van der Waals surface area contributed by atoms with E-state index in [4.69, 9.17) is 0 Å². The molecule has 0 fully saturated rings. The Morgan fingerprint density at radius 2 is 1.96 bits per heavy atom. The van der Waals surface area contributed by atoms with Gasteiger partial charge in [0.2, 0.25) is 5.88 Å². The van der Waals surface area contributed by atoms with Gasteiger partial charge in [-0.2, -0.15) is 21.6 Å². The second kappa shape index (κ2) is 6.23. The molecule has 0 radical (unpaired) electrons. The zero-order valence-electron chi connectivity index (χ0n) is 12.3. The fraction of sp³-hybridized carbons (Fsp3) is 0.250. The zero-order valence-corrected chi connectivity index (χ0v) is 13.1. The maximum atomic E-state index is 12.5. The molecule has 0 spiro atoms. The molecule has 0 aliphatic heterocycles. The Balaban J connectivity index is 2.67. The van der Waals surface area contributed by atoms with E-state index in [1.165, 1.54) is 6.92 Å². The molecule has 1 aromatic carbocycles. The van der Waals surface area contributed by atoms with Gasteiger partial charge in [0, 0.05) is 23.6 Å². The summed E-state index contributed by atoms with van der Waals surface area (Å²) in [6.45, 7) is 1.26. The van der Waals surface area contributed by atoms with Crippen LogP contribution in [0, 0.1) is 10.1 Å². The van der Waals surface area contributed by atoms with Crippen LogP contribution < -0.4 is 4.18 Å². The van der Waals surface area contributed by atoms with E-state index >= 15 is 0 Å². The van der Waals surface area contributed by atoms with Gasteiger partial charge in [0.1, 0.15) is 0 Å². The Hall–Kier alpha value is -2.83. The molecule has 0 N–H and O–H groups in total. The number of ether oxygens (including phenoxy) is 1. The molecular formula is C12H9F3N2O7S. The van der Waals surface area contributed by atoms with Crippen molar-refractivity contribution < 1.29 is 40.2 Å². The molecule has 136 valence electrons. The van der Waals surface area contributed by atoms with E-state index in [1.807, 2.05) is 0 Å². The monoisotopic (exact) mass is 382 g/mol. The number of hydrogen-bond donors (Lipinski definition) is 0. The summed E-state index contributed by atoms with van der Waals surface area (Å²) in [6, 6.07) is 3.73. The Kier molecular flexibility index (Phi) is 4.61. The molecule has 0 bridgehead atoms. The van der Waals surface area contributed by atoms with Crippen LogP contribution in [0.4, 0.5) is 23.7 Å². The summed E-state index contributed by atoms with van der Waals surface area (Å²) in [6.07, 6.45) is -1.21. The summed E-state index contributed by atoms with van der Waals surface area (Å²) in [5.74, 6) is -1.01. The summed E-state index contributed by atoms with van der Waals surface area (Å²) in [4.78, 5) is 21.9. The molecule has 13 heteroatoms. The van der Waals surface area contributed by atoms with Gasteiger partial charge in [0.05, 0.1) is 17.0 Å². The number of carbonyl (C=O) groups is 1. The average Bonchev–Trinajstić information content (AvgIpc) is 2.82. The molecule has 0 aliphatic rings. The van der Waals surface area contributed by atoms with E-state index < -0.39 is 38.2 Å². The van der Waals surface area contributed by atoms with Gasteiger partial charge in [-0.3, -0.25) is 10.1 Å². The van der Waals surface area contributed by atoms with Crippen LogP contribution in [0.5, 0.6) is 5.88 Å². The van der Waals surface area contributed by atoms with E-state index in [0.29, 0.717) is 4.57 Å². The van der Waals surface area contributed by atoms with Crippen molar-refractivity contribution in [3.8, 4) is 5.88 Å². The number of benzene rings is 1. The van der Waals surface area contributed by atoms with Crippen molar-refractivity contribution in [1.82, 2.24) is 4.57 Å². The molecule has 0 aliphatic carbocycles. The number of nitro benzene ring substituents is 1. The fourth-order valence-corrected chi connectivity index (χ4v) is 2.33. The van der Waals surface area contributed by atoms with Crippen LogP contribution in [0.2, 0.25) is 0 Å². The molecular weight excluding hydrogens is 373 g/mol. The van der Waals surface area contributed by atoms with Crippen molar-refractivity contribution in [2.75, 3.05) is 6.61 Å². The molecule has 2 rings (SSSR count). The lowest BCUT2D eigenvalue weighted by atomic mass is 10.2. The van der Waals surface area contributed by atoms with Crippen molar-refractivity contribution >= 4 is 32.8 Å². The molecule has 2 aromatic rings. The first-order valence-corrected chi connectivity index (χ1v) is 7.86. The number of nitro groups is 1. The van der Waals surface area contributed by atoms with Crippen LogP contribution in [0.15, 0.2) is 24.3 Å². The predicted molar refractivity (Wildman–Crippen MR) is 76.6 cm³/mol. The maximum absolute atomic E-state index is 12.5. The molecule has 0 atom stereocenters. The third kappa shape index (κ3) is 3.50. The van der Waals surface area contributed by atoms with Gasteiger partial charge >= 0.3 is 21.7 Å². The van der Waals surface area contributed by atoms with Crippen LogP contribution in [0.1, 0.15) is 6.92 Å². The topological polar surface area (TPSA) is 118 Å².